The minimum Gasteiger partial charge on any atom is -0.478 e. The molecule has 0 spiro atoms. The largest absolute Gasteiger partial charge is 0.478 e. The fraction of sp³-hybridized carbons (Fsp3) is 0.222. The number of benzene rings is 2. The molecule has 2 N–H and O–H groups in total. The summed E-state index contributed by atoms with van der Waals surface area (Å²) in [4.78, 5) is 25.7. The molecule has 0 aliphatic carbocycles. The summed E-state index contributed by atoms with van der Waals surface area (Å²) in [6.07, 6.45) is -0.483. The average molecular weight is 328 g/mol. The predicted octanol–water partition coefficient (Wildman–Crippen LogP) is 2.33. The highest BCUT2D eigenvalue weighted by Crippen LogP contribution is 2.36. The van der Waals surface area contributed by atoms with Gasteiger partial charge < -0.3 is 10.5 Å². The minimum atomic E-state index is -0.772. The number of hydrogen-bond donors (Lipinski definition) is 1. The van der Waals surface area contributed by atoms with E-state index in [1.165, 1.54) is 24.0 Å². The lowest BCUT2D eigenvalue weighted by atomic mass is 10.0. The van der Waals surface area contributed by atoms with E-state index in [0.717, 1.165) is 5.56 Å². The van der Waals surface area contributed by atoms with Gasteiger partial charge in [-0.2, -0.15) is 0 Å². The van der Waals surface area contributed by atoms with Gasteiger partial charge in [0.2, 0.25) is 0 Å². The highest BCUT2D eigenvalue weighted by Gasteiger charge is 2.35. The number of halogens is 1. The molecule has 0 bridgehead atoms. The summed E-state index contributed by atoms with van der Waals surface area (Å²) < 4.78 is 18.8. The molecule has 6 heteroatoms. The summed E-state index contributed by atoms with van der Waals surface area (Å²) in [7, 11) is 0. The zero-order valence-corrected chi connectivity index (χ0v) is 13.2. The van der Waals surface area contributed by atoms with Crippen LogP contribution in [-0.4, -0.2) is 24.3 Å². The Morgan fingerprint density at radius 2 is 1.96 bits per heavy atom. The molecule has 3 rings (SSSR count). The van der Waals surface area contributed by atoms with Crippen molar-refractivity contribution < 1.29 is 18.7 Å². The van der Waals surface area contributed by atoms with Gasteiger partial charge in [-0.25, -0.2) is 4.39 Å². The van der Waals surface area contributed by atoms with Crippen molar-refractivity contribution in [2.45, 2.75) is 19.4 Å². The van der Waals surface area contributed by atoms with Crippen LogP contribution in [0.25, 0.3) is 0 Å². The molecule has 5 nitrogen and oxygen atoms in total. The molecule has 0 saturated carbocycles. The number of nitrogens with zero attached hydrogens (tertiary/aromatic N) is 1. The van der Waals surface area contributed by atoms with Crippen LogP contribution < -0.4 is 15.4 Å². The number of carbonyl (C=O) groups is 2. The van der Waals surface area contributed by atoms with Crippen LogP contribution in [0.1, 0.15) is 12.5 Å². The summed E-state index contributed by atoms with van der Waals surface area (Å²) in [5.74, 6) is -0.294. The summed E-state index contributed by atoms with van der Waals surface area (Å²) in [5.41, 5.74) is 7.53. The standard InChI is InChI=1S/C18H17FN2O3/c1-11(22)10-21-15-9-14(20)6-7-16(15)24-17(18(21)23)8-12-2-4-13(19)5-3-12/h2-7,9,17H,8,10,20H2,1H3. The van der Waals surface area contributed by atoms with Crippen molar-refractivity contribution in [2.24, 2.45) is 0 Å². The molecule has 24 heavy (non-hydrogen) atoms. The second-order valence-electron chi connectivity index (χ2n) is 5.79. The van der Waals surface area contributed by atoms with Gasteiger partial charge in [0.1, 0.15) is 17.3 Å². The van der Waals surface area contributed by atoms with Gasteiger partial charge in [0, 0.05) is 12.1 Å². The lowest BCUT2D eigenvalue weighted by Crippen LogP contribution is -2.48. The van der Waals surface area contributed by atoms with Crippen molar-refractivity contribution in [1.82, 2.24) is 0 Å². The highest BCUT2D eigenvalue weighted by atomic mass is 19.1. The van der Waals surface area contributed by atoms with Crippen LogP contribution in [0.5, 0.6) is 5.75 Å². The van der Waals surface area contributed by atoms with Gasteiger partial charge in [0.05, 0.1) is 12.2 Å². The molecule has 2 aromatic rings. The first-order valence-electron chi connectivity index (χ1n) is 7.55. The fourth-order valence-electron chi connectivity index (χ4n) is 2.69. The Hall–Kier alpha value is -2.89. The number of anilines is 2. The van der Waals surface area contributed by atoms with Crippen molar-refractivity contribution in [1.29, 1.82) is 0 Å². The number of nitrogens with two attached hydrogens (primary N) is 1. The van der Waals surface area contributed by atoms with Crippen molar-refractivity contribution >= 4 is 23.1 Å². The van der Waals surface area contributed by atoms with E-state index in [1.54, 1.807) is 30.3 Å². The third-order valence-corrected chi connectivity index (χ3v) is 3.80. The smallest absolute Gasteiger partial charge is 0.268 e. The number of Topliss-reactive ketones (excluding diaryl/α,β-unsaturated/α-hetero) is 1. The van der Waals surface area contributed by atoms with E-state index in [-0.39, 0.29) is 30.5 Å². The molecule has 124 valence electrons. The normalized spacial score (nSPS) is 16.5. The quantitative estimate of drug-likeness (QED) is 0.874. The van der Waals surface area contributed by atoms with E-state index < -0.39 is 6.10 Å². The zero-order valence-electron chi connectivity index (χ0n) is 13.2. The number of ether oxygens (including phenoxy) is 1. The Balaban J connectivity index is 1.92. The van der Waals surface area contributed by atoms with Crippen molar-refractivity contribution in [2.75, 3.05) is 17.2 Å². The summed E-state index contributed by atoms with van der Waals surface area (Å²) >= 11 is 0. The summed E-state index contributed by atoms with van der Waals surface area (Å²) in [5, 5.41) is 0. The monoisotopic (exact) mass is 328 g/mol. The second-order valence-corrected chi connectivity index (χ2v) is 5.79. The molecular formula is C18H17FN2O3. The first-order chi connectivity index (χ1) is 11.4. The van der Waals surface area contributed by atoms with Gasteiger partial charge in [-0.05, 0) is 42.8 Å². The predicted molar refractivity (Wildman–Crippen MR) is 88.4 cm³/mol. The maximum Gasteiger partial charge on any atom is 0.268 e. The SMILES string of the molecule is CC(=O)CN1C(=O)C(Cc2ccc(F)cc2)Oc2ccc(N)cc21. The third-order valence-electron chi connectivity index (χ3n) is 3.80. The van der Waals surface area contributed by atoms with Crippen LogP contribution in [0.15, 0.2) is 42.5 Å². The minimum absolute atomic E-state index is 0.0431. The molecule has 1 atom stereocenters. The van der Waals surface area contributed by atoms with Crippen LogP contribution in [0.2, 0.25) is 0 Å². The molecule has 0 fully saturated rings. The molecule has 1 amide bonds. The third kappa shape index (κ3) is 3.22. The molecular weight excluding hydrogens is 311 g/mol. The maximum atomic E-state index is 13.0. The Morgan fingerprint density at radius 3 is 2.62 bits per heavy atom. The molecule has 1 heterocycles. The van der Waals surface area contributed by atoms with Gasteiger partial charge >= 0.3 is 0 Å². The number of amides is 1. The lowest BCUT2D eigenvalue weighted by Gasteiger charge is -2.34. The van der Waals surface area contributed by atoms with E-state index in [2.05, 4.69) is 0 Å². The number of rotatable bonds is 4. The van der Waals surface area contributed by atoms with Gasteiger partial charge in [-0.1, -0.05) is 12.1 Å². The Kier molecular flexibility index (Phi) is 4.20. The van der Waals surface area contributed by atoms with E-state index in [9.17, 15) is 14.0 Å². The van der Waals surface area contributed by atoms with Gasteiger partial charge in [0.25, 0.3) is 5.91 Å². The van der Waals surface area contributed by atoms with Gasteiger partial charge in [-0.3, -0.25) is 14.5 Å². The highest BCUT2D eigenvalue weighted by molar-refractivity contribution is 6.04. The van der Waals surface area contributed by atoms with Crippen LogP contribution in [0.4, 0.5) is 15.8 Å². The second kappa shape index (κ2) is 6.31. The van der Waals surface area contributed by atoms with E-state index in [4.69, 9.17) is 10.5 Å². The molecule has 0 saturated heterocycles. The number of fused-ring (bicyclic) bond motifs is 1. The summed E-state index contributed by atoms with van der Waals surface area (Å²) in [6.45, 7) is 1.38. The van der Waals surface area contributed by atoms with Crippen molar-refractivity contribution in [3.05, 3.63) is 53.8 Å². The van der Waals surface area contributed by atoms with Gasteiger partial charge in [-0.15, -0.1) is 0 Å². The molecule has 2 aromatic carbocycles. The van der Waals surface area contributed by atoms with E-state index >= 15 is 0 Å². The van der Waals surface area contributed by atoms with Crippen LogP contribution in [0, 0.1) is 5.82 Å². The van der Waals surface area contributed by atoms with Gasteiger partial charge in [0.15, 0.2) is 6.10 Å². The first kappa shape index (κ1) is 16.0. The summed E-state index contributed by atoms with van der Waals surface area (Å²) in [6, 6.07) is 10.9. The molecule has 0 aromatic heterocycles. The van der Waals surface area contributed by atoms with E-state index in [1.807, 2.05) is 0 Å². The maximum absolute atomic E-state index is 13.0. The van der Waals surface area contributed by atoms with Crippen molar-refractivity contribution in [3.63, 3.8) is 0 Å². The number of hydrogen-bond acceptors (Lipinski definition) is 4. The Morgan fingerprint density at radius 1 is 1.25 bits per heavy atom. The topological polar surface area (TPSA) is 72.6 Å². The first-order valence-corrected chi connectivity index (χ1v) is 7.55. The lowest BCUT2D eigenvalue weighted by molar-refractivity contribution is -0.128. The number of carbonyl (C=O) groups excluding carboxylic acids is 2. The fourth-order valence-corrected chi connectivity index (χ4v) is 2.69. The zero-order chi connectivity index (χ0) is 17.3. The molecule has 0 radical (unpaired) electrons. The Bertz CT molecular complexity index is 789. The molecule has 1 aliphatic rings. The Labute approximate surface area is 138 Å². The molecule has 1 aliphatic heterocycles. The number of nitrogen functional groups attached to an aromatic ring is 1. The van der Waals surface area contributed by atoms with Crippen LogP contribution in [-0.2, 0) is 16.0 Å². The number of ketones is 1. The van der Waals surface area contributed by atoms with Crippen LogP contribution >= 0.6 is 0 Å². The van der Waals surface area contributed by atoms with Crippen molar-refractivity contribution in [3.8, 4) is 5.75 Å². The van der Waals surface area contributed by atoms with Crippen LogP contribution in [0.3, 0.4) is 0 Å². The average Bonchev–Trinajstić information content (AvgIpc) is 2.54. The van der Waals surface area contributed by atoms with E-state index in [0.29, 0.717) is 17.1 Å². The molecule has 1 unspecified atom stereocenters.